The van der Waals surface area contributed by atoms with Crippen molar-refractivity contribution in [2.24, 2.45) is 0 Å². The molecular formula is C15H12BrN3O2. The molecule has 0 amide bonds. The first kappa shape index (κ1) is 13.6. The molecule has 0 aliphatic heterocycles. The van der Waals surface area contributed by atoms with Crippen molar-refractivity contribution in [3.63, 3.8) is 0 Å². The van der Waals surface area contributed by atoms with Gasteiger partial charge < -0.3 is 15.5 Å². The van der Waals surface area contributed by atoms with Crippen LogP contribution in [0.3, 0.4) is 0 Å². The summed E-state index contributed by atoms with van der Waals surface area (Å²) in [5.41, 5.74) is 7.65. The van der Waals surface area contributed by atoms with Crippen LogP contribution in [0.2, 0.25) is 0 Å². The molecule has 0 aliphatic rings. The van der Waals surface area contributed by atoms with Crippen LogP contribution < -0.4 is 16.0 Å². The number of H-pyrrole nitrogens is 1. The van der Waals surface area contributed by atoms with Gasteiger partial charge in [-0.05, 0) is 36.8 Å². The minimum absolute atomic E-state index is 0.224. The molecule has 3 N–H and O–H groups in total. The van der Waals surface area contributed by atoms with E-state index in [0.29, 0.717) is 28.1 Å². The van der Waals surface area contributed by atoms with E-state index < -0.39 is 0 Å². The normalized spacial score (nSPS) is 10.8. The monoisotopic (exact) mass is 345 g/mol. The highest BCUT2D eigenvalue weighted by molar-refractivity contribution is 9.10. The van der Waals surface area contributed by atoms with Crippen LogP contribution in [0.1, 0.15) is 5.56 Å². The Morgan fingerprint density at radius 2 is 2.05 bits per heavy atom. The number of nitrogens with zero attached hydrogens (tertiary/aromatic N) is 1. The Morgan fingerprint density at radius 1 is 1.24 bits per heavy atom. The zero-order valence-electron chi connectivity index (χ0n) is 11.2. The Morgan fingerprint density at radius 3 is 2.81 bits per heavy atom. The van der Waals surface area contributed by atoms with Gasteiger partial charge in [0.05, 0.1) is 22.9 Å². The fourth-order valence-electron chi connectivity index (χ4n) is 2.05. The van der Waals surface area contributed by atoms with E-state index in [0.717, 1.165) is 10.0 Å². The minimum atomic E-state index is -0.224. The van der Waals surface area contributed by atoms with E-state index in [-0.39, 0.29) is 5.56 Å². The Balaban J connectivity index is 2.08. The van der Waals surface area contributed by atoms with Crippen LogP contribution in [0.5, 0.6) is 11.5 Å². The van der Waals surface area contributed by atoms with E-state index >= 15 is 0 Å². The van der Waals surface area contributed by atoms with Crippen molar-refractivity contribution in [3.05, 3.63) is 57.0 Å². The van der Waals surface area contributed by atoms with E-state index in [9.17, 15) is 4.79 Å². The van der Waals surface area contributed by atoms with Gasteiger partial charge in [-0.3, -0.25) is 4.79 Å². The standard InChI is InChI=1S/C15H12BrN3O2/c1-8-4-9(16)2-3-13(8)21-14-6-12-10(5-11(14)17)15(20)19-7-18-12/h2-7H,17H2,1H3,(H,18,19,20). The number of nitrogen functional groups attached to an aromatic ring is 1. The zero-order valence-corrected chi connectivity index (χ0v) is 12.8. The van der Waals surface area contributed by atoms with Crippen LogP contribution in [0.25, 0.3) is 10.9 Å². The summed E-state index contributed by atoms with van der Waals surface area (Å²) in [6, 6.07) is 8.94. The zero-order chi connectivity index (χ0) is 15.0. The van der Waals surface area contributed by atoms with Crippen molar-refractivity contribution >= 4 is 32.5 Å². The molecule has 0 unspecified atom stereocenters. The van der Waals surface area contributed by atoms with Gasteiger partial charge in [0.15, 0.2) is 5.75 Å². The number of aromatic amines is 1. The summed E-state index contributed by atoms with van der Waals surface area (Å²) < 4.78 is 6.82. The fraction of sp³-hybridized carbons (Fsp3) is 0.0667. The first-order valence-corrected chi connectivity index (χ1v) is 7.05. The van der Waals surface area contributed by atoms with E-state index in [2.05, 4.69) is 25.9 Å². The SMILES string of the molecule is Cc1cc(Br)ccc1Oc1cc2nc[nH]c(=O)c2cc1N. The van der Waals surface area contributed by atoms with Gasteiger partial charge in [-0.1, -0.05) is 15.9 Å². The molecule has 0 spiro atoms. The second-order valence-corrected chi connectivity index (χ2v) is 5.57. The molecular weight excluding hydrogens is 334 g/mol. The summed E-state index contributed by atoms with van der Waals surface area (Å²) in [7, 11) is 0. The Bertz CT molecular complexity index is 890. The van der Waals surface area contributed by atoms with Crippen molar-refractivity contribution in [3.8, 4) is 11.5 Å². The number of anilines is 1. The van der Waals surface area contributed by atoms with Crippen LogP contribution in [-0.4, -0.2) is 9.97 Å². The average Bonchev–Trinajstić information content (AvgIpc) is 2.44. The highest BCUT2D eigenvalue weighted by atomic mass is 79.9. The number of fused-ring (bicyclic) bond motifs is 1. The van der Waals surface area contributed by atoms with Gasteiger partial charge in [0.1, 0.15) is 5.75 Å². The number of hydrogen-bond donors (Lipinski definition) is 2. The minimum Gasteiger partial charge on any atom is -0.455 e. The summed E-state index contributed by atoms with van der Waals surface area (Å²) in [5.74, 6) is 1.18. The van der Waals surface area contributed by atoms with Crippen molar-refractivity contribution in [1.29, 1.82) is 0 Å². The third-order valence-corrected chi connectivity index (χ3v) is 3.62. The predicted molar refractivity (Wildman–Crippen MR) is 85.7 cm³/mol. The molecule has 2 aromatic carbocycles. The molecule has 3 aromatic rings. The van der Waals surface area contributed by atoms with Crippen molar-refractivity contribution in [1.82, 2.24) is 9.97 Å². The second kappa shape index (κ2) is 5.21. The summed E-state index contributed by atoms with van der Waals surface area (Å²) >= 11 is 3.41. The lowest BCUT2D eigenvalue weighted by molar-refractivity contribution is 0.482. The molecule has 21 heavy (non-hydrogen) atoms. The van der Waals surface area contributed by atoms with Gasteiger partial charge in [-0.2, -0.15) is 0 Å². The first-order valence-electron chi connectivity index (χ1n) is 6.25. The topological polar surface area (TPSA) is 81.0 Å². The molecule has 1 heterocycles. The molecule has 0 saturated heterocycles. The average molecular weight is 346 g/mol. The molecule has 6 heteroatoms. The molecule has 0 aliphatic carbocycles. The highest BCUT2D eigenvalue weighted by Gasteiger charge is 2.09. The van der Waals surface area contributed by atoms with Gasteiger partial charge >= 0.3 is 0 Å². The van der Waals surface area contributed by atoms with Crippen LogP contribution in [0, 0.1) is 6.92 Å². The lowest BCUT2D eigenvalue weighted by Crippen LogP contribution is -2.07. The summed E-state index contributed by atoms with van der Waals surface area (Å²) in [6.45, 7) is 1.94. The van der Waals surface area contributed by atoms with Gasteiger partial charge in [0, 0.05) is 10.5 Å². The van der Waals surface area contributed by atoms with E-state index in [4.69, 9.17) is 10.5 Å². The number of hydrogen-bond acceptors (Lipinski definition) is 4. The number of rotatable bonds is 2. The summed E-state index contributed by atoms with van der Waals surface area (Å²) in [5, 5.41) is 0.440. The van der Waals surface area contributed by atoms with E-state index in [1.165, 1.54) is 6.33 Å². The smallest absolute Gasteiger partial charge is 0.258 e. The van der Waals surface area contributed by atoms with E-state index in [1.807, 2.05) is 25.1 Å². The molecule has 0 atom stereocenters. The van der Waals surface area contributed by atoms with Crippen molar-refractivity contribution in [2.45, 2.75) is 6.92 Å². The maximum Gasteiger partial charge on any atom is 0.258 e. The molecule has 0 radical (unpaired) electrons. The number of ether oxygens (including phenoxy) is 1. The number of nitrogens with two attached hydrogens (primary N) is 1. The first-order chi connectivity index (χ1) is 10.0. The van der Waals surface area contributed by atoms with Crippen molar-refractivity contribution in [2.75, 3.05) is 5.73 Å². The van der Waals surface area contributed by atoms with Crippen molar-refractivity contribution < 1.29 is 4.74 Å². The Kier molecular flexibility index (Phi) is 3.39. The lowest BCUT2D eigenvalue weighted by atomic mass is 10.2. The third-order valence-electron chi connectivity index (χ3n) is 3.13. The molecule has 0 saturated carbocycles. The number of aryl methyl sites for hydroxylation is 1. The Hall–Kier alpha value is -2.34. The molecule has 106 valence electrons. The van der Waals surface area contributed by atoms with Gasteiger partial charge in [-0.15, -0.1) is 0 Å². The van der Waals surface area contributed by atoms with Crippen LogP contribution >= 0.6 is 15.9 Å². The van der Waals surface area contributed by atoms with E-state index in [1.54, 1.807) is 12.1 Å². The largest absolute Gasteiger partial charge is 0.455 e. The second-order valence-electron chi connectivity index (χ2n) is 4.65. The molecule has 5 nitrogen and oxygen atoms in total. The molecule has 0 bridgehead atoms. The number of halogens is 1. The maximum atomic E-state index is 11.7. The van der Waals surface area contributed by atoms with Gasteiger partial charge in [0.2, 0.25) is 0 Å². The molecule has 3 rings (SSSR count). The predicted octanol–water partition coefficient (Wildman–Crippen LogP) is 3.37. The summed E-state index contributed by atoms with van der Waals surface area (Å²) in [6.07, 6.45) is 1.36. The van der Waals surface area contributed by atoms with Crippen LogP contribution in [0.4, 0.5) is 5.69 Å². The summed E-state index contributed by atoms with van der Waals surface area (Å²) in [4.78, 5) is 18.3. The Labute approximate surface area is 128 Å². The number of benzene rings is 2. The highest BCUT2D eigenvalue weighted by Crippen LogP contribution is 2.32. The molecule has 0 fully saturated rings. The van der Waals surface area contributed by atoms with Gasteiger partial charge in [-0.25, -0.2) is 4.98 Å². The quantitative estimate of drug-likeness (QED) is 0.697. The maximum absolute atomic E-state index is 11.7. The number of nitrogens with one attached hydrogen (secondary N) is 1. The fourth-order valence-corrected chi connectivity index (χ4v) is 2.52. The number of aromatic nitrogens is 2. The lowest BCUT2D eigenvalue weighted by Gasteiger charge is -2.11. The van der Waals surface area contributed by atoms with Crippen LogP contribution in [0.15, 0.2) is 45.9 Å². The van der Waals surface area contributed by atoms with Gasteiger partial charge in [0.25, 0.3) is 5.56 Å². The van der Waals surface area contributed by atoms with Crippen LogP contribution in [-0.2, 0) is 0 Å². The molecule has 1 aromatic heterocycles. The third kappa shape index (κ3) is 2.62.